The average molecular weight is 401 g/mol. The number of hydrogen-bond acceptors (Lipinski definition) is 6. The van der Waals surface area contributed by atoms with Crippen LogP contribution < -0.4 is 4.90 Å². The van der Waals surface area contributed by atoms with E-state index in [0.29, 0.717) is 43.1 Å². The van der Waals surface area contributed by atoms with Gasteiger partial charge in [-0.2, -0.15) is 5.26 Å². The summed E-state index contributed by atoms with van der Waals surface area (Å²) in [5, 5.41) is 8.92. The number of nitrogens with zero attached hydrogens (tertiary/aromatic N) is 7. The zero-order chi connectivity index (χ0) is 21.3. The topological polar surface area (TPSA) is 90.9 Å². The Labute approximate surface area is 175 Å². The van der Waals surface area contributed by atoms with Crippen LogP contribution >= 0.6 is 0 Å². The van der Waals surface area contributed by atoms with Crippen LogP contribution in [0.2, 0.25) is 0 Å². The fraction of sp³-hybridized carbons (Fsp3) is 0.318. The molecule has 1 aliphatic heterocycles. The Bertz CT molecular complexity index is 1120. The second kappa shape index (κ2) is 7.95. The van der Waals surface area contributed by atoms with E-state index in [1.54, 1.807) is 30.6 Å². The van der Waals surface area contributed by atoms with E-state index in [1.165, 1.54) is 0 Å². The van der Waals surface area contributed by atoms with E-state index in [4.69, 9.17) is 5.26 Å². The highest BCUT2D eigenvalue weighted by atomic mass is 16.2. The first kappa shape index (κ1) is 19.6. The van der Waals surface area contributed by atoms with Crippen molar-refractivity contribution >= 4 is 11.7 Å². The maximum atomic E-state index is 12.8. The number of aryl methyl sites for hydroxylation is 2. The molecule has 30 heavy (non-hydrogen) atoms. The van der Waals surface area contributed by atoms with Gasteiger partial charge in [0, 0.05) is 43.5 Å². The molecule has 8 nitrogen and oxygen atoms in total. The van der Waals surface area contributed by atoms with Crippen LogP contribution in [0.15, 0.2) is 36.7 Å². The number of anilines is 1. The number of hydrogen-bond donors (Lipinski definition) is 0. The molecular formula is C22H23N7O. The third-order valence-electron chi connectivity index (χ3n) is 5.46. The number of imidazole rings is 1. The lowest BCUT2D eigenvalue weighted by atomic mass is 10.1. The second-order valence-corrected chi connectivity index (χ2v) is 7.39. The Morgan fingerprint density at radius 1 is 1.00 bits per heavy atom. The molecule has 3 heterocycles. The van der Waals surface area contributed by atoms with Crippen LogP contribution in [0.3, 0.4) is 0 Å². The van der Waals surface area contributed by atoms with Gasteiger partial charge in [-0.25, -0.2) is 15.0 Å². The first-order valence-corrected chi connectivity index (χ1v) is 9.87. The fourth-order valence-corrected chi connectivity index (χ4v) is 3.56. The highest BCUT2D eigenvalue weighted by Crippen LogP contribution is 2.20. The third-order valence-corrected chi connectivity index (χ3v) is 5.46. The zero-order valence-electron chi connectivity index (χ0n) is 17.3. The van der Waals surface area contributed by atoms with Gasteiger partial charge in [0.05, 0.1) is 17.3 Å². The summed E-state index contributed by atoms with van der Waals surface area (Å²) in [4.78, 5) is 30.3. The van der Waals surface area contributed by atoms with E-state index in [2.05, 4.69) is 25.9 Å². The number of aromatic nitrogens is 4. The normalized spacial score (nSPS) is 13.9. The van der Waals surface area contributed by atoms with Crippen LogP contribution in [-0.2, 0) is 0 Å². The Kier molecular flexibility index (Phi) is 5.19. The molecular weight excluding hydrogens is 378 g/mol. The summed E-state index contributed by atoms with van der Waals surface area (Å²) in [5.41, 5.74) is 3.18. The van der Waals surface area contributed by atoms with Gasteiger partial charge in [-0.15, -0.1) is 0 Å². The molecule has 2 aromatic heterocycles. The predicted octanol–water partition coefficient (Wildman–Crippen LogP) is 2.42. The molecule has 1 aliphatic rings. The standard InChI is InChI=1S/C22H23N7O/c1-15-16(2)29(14-24-15)21-12-20(25-17(3)26-21)27-8-10-28(11-9-27)22(30)19-6-4-18(13-23)5-7-19/h4-7,12,14H,8-11H2,1-3H3. The van der Waals surface area contributed by atoms with E-state index in [1.807, 2.05) is 36.3 Å². The van der Waals surface area contributed by atoms with Crippen molar-refractivity contribution in [3.8, 4) is 11.9 Å². The van der Waals surface area contributed by atoms with Gasteiger partial charge in [-0.05, 0) is 45.0 Å². The summed E-state index contributed by atoms with van der Waals surface area (Å²) in [6.45, 7) is 8.50. The van der Waals surface area contributed by atoms with E-state index in [9.17, 15) is 4.79 Å². The van der Waals surface area contributed by atoms with Crippen molar-refractivity contribution in [1.29, 1.82) is 5.26 Å². The van der Waals surface area contributed by atoms with Gasteiger partial charge in [0.25, 0.3) is 5.91 Å². The molecule has 0 aliphatic carbocycles. The number of carbonyl (C=O) groups excluding carboxylic acids is 1. The first-order chi connectivity index (χ1) is 14.5. The molecule has 0 atom stereocenters. The van der Waals surface area contributed by atoms with Gasteiger partial charge in [-0.1, -0.05) is 0 Å². The Morgan fingerprint density at radius 3 is 2.27 bits per heavy atom. The summed E-state index contributed by atoms with van der Waals surface area (Å²) in [6.07, 6.45) is 1.78. The van der Waals surface area contributed by atoms with E-state index in [0.717, 1.165) is 23.0 Å². The highest BCUT2D eigenvalue weighted by Gasteiger charge is 2.23. The molecule has 0 saturated carbocycles. The highest BCUT2D eigenvalue weighted by molar-refractivity contribution is 5.94. The molecule has 0 spiro atoms. The Balaban J connectivity index is 1.48. The Morgan fingerprint density at radius 2 is 1.67 bits per heavy atom. The molecule has 0 bridgehead atoms. The quantitative estimate of drug-likeness (QED) is 0.669. The summed E-state index contributed by atoms with van der Waals surface area (Å²) in [7, 11) is 0. The number of amides is 1. The number of benzene rings is 1. The minimum absolute atomic E-state index is 0.0109. The molecule has 1 amide bonds. The maximum absolute atomic E-state index is 12.8. The summed E-state index contributed by atoms with van der Waals surface area (Å²) in [6, 6.07) is 10.8. The maximum Gasteiger partial charge on any atom is 0.253 e. The molecule has 152 valence electrons. The summed E-state index contributed by atoms with van der Waals surface area (Å²) in [5.74, 6) is 2.34. The molecule has 1 aromatic carbocycles. The fourth-order valence-electron chi connectivity index (χ4n) is 3.56. The van der Waals surface area contributed by atoms with Crippen LogP contribution in [0.25, 0.3) is 5.82 Å². The van der Waals surface area contributed by atoms with Gasteiger partial charge in [0.2, 0.25) is 0 Å². The number of nitriles is 1. The number of piperazine rings is 1. The monoisotopic (exact) mass is 401 g/mol. The van der Waals surface area contributed by atoms with Crippen molar-refractivity contribution in [1.82, 2.24) is 24.4 Å². The van der Waals surface area contributed by atoms with Crippen molar-refractivity contribution in [3.63, 3.8) is 0 Å². The molecule has 0 N–H and O–H groups in total. The van der Waals surface area contributed by atoms with Crippen molar-refractivity contribution in [2.75, 3.05) is 31.1 Å². The van der Waals surface area contributed by atoms with Crippen molar-refractivity contribution in [2.45, 2.75) is 20.8 Å². The van der Waals surface area contributed by atoms with Crippen LogP contribution in [-0.4, -0.2) is 56.5 Å². The van der Waals surface area contributed by atoms with Crippen molar-refractivity contribution in [2.24, 2.45) is 0 Å². The van der Waals surface area contributed by atoms with Gasteiger partial charge in [0.1, 0.15) is 23.8 Å². The van der Waals surface area contributed by atoms with Crippen molar-refractivity contribution < 1.29 is 4.79 Å². The predicted molar refractivity (Wildman–Crippen MR) is 113 cm³/mol. The van der Waals surface area contributed by atoms with Gasteiger partial charge < -0.3 is 9.80 Å². The van der Waals surface area contributed by atoms with Gasteiger partial charge in [0.15, 0.2) is 0 Å². The van der Waals surface area contributed by atoms with Crippen LogP contribution in [0.5, 0.6) is 0 Å². The van der Waals surface area contributed by atoms with Gasteiger partial charge >= 0.3 is 0 Å². The SMILES string of the molecule is Cc1nc(N2CCN(C(=O)c3ccc(C#N)cc3)CC2)cc(-n2cnc(C)c2C)n1. The molecule has 1 fully saturated rings. The van der Waals surface area contributed by atoms with Gasteiger partial charge in [-0.3, -0.25) is 9.36 Å². The molecule has 4 rings (SSSR count). The largest absolute Gasteiger partial charge is 0.353 e. The van der Waals surface area contributed by atoms with Crippen LogP contribution in [0.4, 0.5) is 5.82 Å². The smallest absolute Gasteiger partial charge is 0.253 e. The van der Waals surface area contributed by atoms with E-state index < -0.39 is 0 Å². The number of carbonyl (C=O) groups is 1. The lowest BCUT2D eigenvalue weighted by molar-refractivity contribution is 0.0746. The first-order valence-electron chi connectivity index (χ1n) is 9.87. The molecule has 3 aromatic rings. The average Bonchev–Trinajstić information content (AvgIpc) is 3.11. The zero-order valence-corrected chi connectivity index (χ0v) is 17.3. The molecule has 0 unspecified atom stereocenters. The Hall–Kier alpha value is -3.73. The summed E-state index contributed by atoms with van der Waals surface area (Å²) >= 11 is 0. The lowest BCUT2D eigenvalue weighted by Gasteiger charge is -2.35. The van der Waals surface area contributed by atoms with E-state index in [-0.39, 0.29) is 5.91 Å². The molecule has 8 heteroatoms. The van der Waals surface area contributed by atoms with E-state index >= 15 is 0 Å². The lowest BCUT2D eigenvalue weighted by Crippen LogP contribution is -2.49. The number of rotatable bonds is 3. The molecule has 1 saturated heterocycles. The van der Waals surface area contributed by atoms with Crippen LogP contribution in [0.1, 0.15) is 33.1 Å². The van der Waals surface area contributed by atoms with Crippen LogP contribution in [0, 0.1) is 32.1 Å². The third kappa shape index (κ3) is 3.74. The summed E-state index contributed by atoms with van der Waals surface area (Å²) < 4.78 is 1.97. The second-order valence-electron chi connectivity index (χ2n) is 7.39. The molecule has 0 radical (unpaired) electrons. The van der Waals surface area contributed by atoms with Crippen molar-refractivity contribution in [3.05, 3.63) is 65.0 Å². The minimum atomic E-state index is -0.0109. The minimum Gasteiger partial charge on any atom is -0.353 e.